The topological polar surface area (TPSA) is 69.0 Å². The Kier molecular flexibility index (Phi) is 7.66. The highest BCUT2D eigenvalue weighted by molar-refractivity contribution is 7.90. The smallest absolute Gasteiger partial charge is 0.267 e. The Bertz CT molecular complexity index is 1220. The minimum absolute atomic E-state index is 0. The normalized spacial score (nSPS) is 11.8. The second-order valence-electron chi connectivity index (χ2n) is 6.71. The van der Waals surface area contributed by atoms with E-state index >= 15 is 0 Å². The van der Waals surface area contributed by atoms with Gasteiger partial charge < -0.3 is 0 Å². The first-order valence-electron chi connectivity index (χ1n) is 8.65. The lowest BCUT2D eigenvalue weighted by atomic mass is 9.97. The van der Waals surface area contributed by atoms with Gasteiger partial charge >= 0.3 is 6.18 Å². The van der Waals surface area contributed by atoms with Crippen LogP contribution in [0.25, 0.3) is 11.1 Å². The molecule has 0 bridgehead atoms. The van der Waals surface area contributed by atoms with Crippen molar-refractivity contribution < 1.29 is 26.0 Å². The van der Waals surface area contributed by atoms with Crippen LogP contribution in [0.15, 0.2) is 64.4 Å². The van der Waals surface area contributed by atoms with Crippen molar-refractivity contribution in [3.8, 4) is 11.1 Å². The molecule has 0 saturated carbocycles. The zero-order valence-corrected chi connectivity index (χ0v) is 18.6. The zero-order valence-electron chi connectivity index (χ0n) is 16.4. The van der Waals surface area contributed by atoms with Crippen molar-refractivity contribution in [2.45, 2.75) is 24.0 Å². The van der Waals surface area contributed by atoms with Crippen LogP contribution in [0.4, 0.5) is 17.6 Å². The molecule has 0 aliphatic heterocycles. The molecule has 0 saturated heterocycles. The lowest BCUT2D eigenvalue weighted by Gasteiger charge is -2.14. The third-order valence-corrected chi connectivity index (χ3v) is 5.49. The van der Waals surface area contributed by atoms with Crippen molar-refractivity contribution in [2.75, 3.05) is 6.26 Å². The number of halogens is 4. The van der Waals surface area contributed by atoms with Gasteiger partial charge in [0.15, 0.2) is 9.84 Å². The summed E-state index contributed by atoms with van der Waals surface area (Å²) in [6.07, 6.45) is -2.51. The largest absolute Gasteiger partial charge is 0.408 e. The molecule has 31 heavy (non-hydrogen) atoms. The molecule has 1 aromatic heterocycles. The molecule has 0 spiro atoms. The highest BCUT2D eigenvalue weighted by Crippen LogP contribution is 2.25. The molecule has 5 nitrogen and oxygen atoms in total. The summed E-state index contributed by atoms with van der Waals surface area (Å²) < 4.78 is 75.2. The fraction of sp³-hybridized carbons (Fsp3) is 0.200. The summed E-state index contributed by atoms with van der Waals surface area (Å²) in [6.45, 7) is -1.55. The molecule has 0 N–H and O–H groups in total. The Hall–Kier alpha value is -2.24. The predicted molar refractivity (Wildman–Crippen MR) is 108 cm³/mol. The van der Waals surface area contributed by atoms with Crippen LogP contribution in [0.5, 0.6) is 0 Å². The fourth-order valence-electron chi connectivity index (χ4n) is 2.92. The fourth-order valence-corrected chi connectivity index (χ4v) is 3.55. The molecular weight excluding hydrogens is 449 g/mol. The van der Waals surface area contributed by atoms with Crippen molar-refractivity contribution >= 4 is 32.9 Å². The summed E-state index contributed by atoms with van der Waals surface area (Å²) in [5.74, 6) is -0.487. The van der Waals surface area contributed by atoms with Crippen LogP contribution < -0.4 is 5.56 Å². The van der Waals surface area contributed by atoms with E-state index in [-0.39, 0.29) is 45.5 Å². The summed E-state index contributed by atoms with van der Waals surface area (Å²) in [6, 6.07) is 10.8. The van der Waals surface area contributed by atoms with Crippen LogP contribution in [0.1, 0.15) is 11.1 Å². The second kappa shape index (κ2) is 9.49. The zero-order chi connectivity index (χ0) is 22.1. The predicted octanol–water partition coefficient (Wildman–Crippen LogP) is 3.23. The van der Waals surface area contributed by atoms with Crippen LogP contribution >= 0.6 is 0 Å². The van der Waals surface area contributed by atoms with E-state index in [1.807, 2.05) is 0 Å². The molecule has 160 valence electrons. The molecule has 0 amide bonds. The third kappa shape index (κ3) is 6.37. The molecule has 3 rings (SSSR count). The Balaban J connectivity index is 0.00000341. The standard InChI is InChI=1S/C20H16F4N2O3S.Mg/c1-30(28,29)16-8-4-14(5-9-16)18-11-25-26(12-20(22,23)24)19(27)17(18)10-13-2-6-15(21)7-3-13;/h2-9,11H,10,12H2,1H3;. The average molecular weight is 465 g/mol. The van der Waals surface area contributed by atoms with Gasteiger partial charge in [-0.05, 0) is 35.4 Å². The maximum absolute atomic E-state index is 13.2. The molecule has 0 aliphatic carbocycles. The van der Waals surface area contributed by atoms with E-state index in [0.717, 1.165) is 12.5 Å². The lowest BCUT2D eigenvalue weighted by molar-refractivity contribution is -0.143. The number of alkyl halides is 3. The molecule has 2 aromatic carbocycles. The van der Waals surface area contributed by atoms with E-state index in [1.54, 1.807) is 0 Å². The van der Waals surface area contributed by atoms with Gasteiger partial charge in [0.2, 0.25) is 0 Å². The minimum atomic E-state index is -4.64. The number of sulfone groups is 1. The van der Waals surface area contributed by atoms with Crippen molar-refractivity contribution in [2.24, 2.45) is 0 Å². The Morgan fingerprint density at radius 3 is 2.10 bits per heavy atom. The molecule has 2 radical (unpaired) electrons. The highest BCUT2D eigenvalue weighted by atomic mass is 32.2. The molecule has 3 aromatic rings. The van der Waals surface area contributed by atoms with Crippen LogP contribution in [0, 0.1) is 5.82 Å². The van der Waals surface area contributed by atoms with Crippen LogP contribution in [0.2, 0.25) is 0 Å². The van der Waals surface area contributed by atoms with E-state index in [0.29, 0.717) is 15.8 Å². The van der Waals surface area contributed by atoms with Gasteiger partial charge in [0.05, 0.1) is 11.1 Å². The number of benzene rings is 2. The summed E-state index contributed by atoms with van der Waals surface area (Å²) in [4.78, 5) is 12.8. The quantitative estimate of drug-likeness (QED) is 0.429. The van der Waals surface area contributed by atoms with Crippen molar-refractivity contribution in [1.82, 2.24) is 9.78 Å². The van der Waals surface area contributed by atoms with Gasteiger partial charge in [-0.3, -0.25) is 4.79 Å². The molecular formula is C20H16F4MgN2O3S. The lowest BCUT2D eigenvalue weighted by Crippen LogP contribution is -2.32. The average Bonchev–Trinajstić information content (AvgIpc) is 2.65. The molecule has 11 heteroatoms. The first-order chi connectivity index (χ1) is 13.9. The molecule has 0 atom stereocenters. The Morgan fingerprint density at radius 2 is 1.58 bits per heavy atom. The third-order valence-electron chi connectivity index (χ3n) is 4.36. The van der Waals surface area contributed by atoms with Crippen molar-refractivity contribution in [1.29, 1.82) is 0 Å². The molecule has 0 unspecified atom stereocenters. The first kappa shape index (κ1) is 25.0. The molecule has 0 fully saturated rings. The monoisotopic (exact) mass is 464 g/mol. The van der Waals surface area contributed by atoms with E-state index < -0.39 is 33.9 Å². The summed E-state index contributed by atoms with van der Waals surface area (Å²) in [5, 5.41) is 3.63. The number of rotatable bonds is 5. The van der Waals surface area contributed by atoms with E-state index in [1.165, 1.54) is 48.5 Å². The van der Waals surface area contributed by atoms with Gasteiger partial charge in [-0.1, -0.05) is 24.3 Å². The van der Waals surface area contributed by atoms with Crippen molar-refractivity contribution in [3.63, 3.8) is 0 Å². The SMILES string of the molecule is CS(=O)(=O)c1ccc(-c2cnn(CC(F)(F)F)c(=O)c2Cc2ccc(F)cc2)cc1.[Mg]. The summed E-state index contributed by atoms with van der Waals surface area (Å²) >= 11 is 0. The number of nitrogens with zero attached hydrogens (tertiary/aromatic N) is 2. The minimum Gasteiger partial charge on any atom is -0.267 e. The maximum atomic E-state index is 13.2. The van der Waals surface area contributed by atoms with E-state index in [2.05, 4.69) is 5.10 Å². The molecule has 1 heterocycles. The van der Waals surface area contributed by atoms with Gasteiger partial charge in [-0.15, -0.1) is 0 Å². The summed E-state index contributed by atoms with van der Waals surface area (Å²) in [7, 11) is -3.44. The highest BCUT2D eigenvalue weighted by Gasteiger charge is 2.30. The van der Waals surface area contributed by atoms with Gasteiger partial charge in [0.1, 0.15) is 12.4 Å². The molecule has 0 aliphatic rings. The number of aromatic nitrogens is 2. The van der Waals surface area contributed by atoms with Crippen LogP contribution in [-0.2, 0) is 22.8 Å². The second-order valence-corrected chi connectivity index (χ2v) is 8.73. The van der Waals surface area contributed by atoms with Gasteiger partial charge in [0.25, 0.3) is 5.56 Å². The summed E-state index contributed by atoms with van der Waals surface area (Å²) in [5.41, 5.74) is 0.313. The van der Waals surface area contributed by atoms with Crippen LogP contribution in [-0.4, -0.2) is 53.7 Å². The van der Waals surface area contributed by atoms with Crippen LogP contribution in [0.3, 0.4) is 0 Å². The van der Waals surface area contributed by atoms with Crippen molar-refractivity contribution in [3.05, 3.63) is 82.0 Å². The Morgan fingerprint density at radius 1 is 1.00 bits per heavy atom. The number of hydrogen-bond donors (Lipinski definition) is 0. The van der Waals surface area contributed by atoms with Gasteiger partial charge in [-0.2, -0.15) is 18.3 Å². The van der Waals surface area contributed by atoms with Gasteiger partial charge in [0, 0.05) is 46.9 Å². The van der Waals surface area contributed by atoms with Gasteiger partial charge in [-0.25, -0.2) is 17.5 Å². The number of hydrogen-bond acceptors (Lipinski definition) is 4. The first-order valence-corrected chi connectivity index (χ1v) is 10.5. The maximum Gasteiger partial charge on any atom is 0.408 e. The van der Waals surface area contributed by atoms with E-state index in [9.17, 15) is 30.8 Å². The Labute approximate surface area is 191 Å². The van der Waals surface area contributed by atoms with E-state index in [4.69, 9.17) is 0 Å².